The topological polar surface area (TPSA) is 64.8 Å². The zero-order valence-corrected chi connectivity index (χ0v) is 16.1. The molecule has 140 valence electrons. The van der Waals surface area contributed by atoms with E-state index in [0.29, 0.717) is 6.61 Å². The van der Waals surface area contributed by atoms with E-state index in [9.17, 15) is 4.79 Å². The van der Waals surface area contributed by atoms with Crippen molar-refractivity contribution in [2.45, 2.75) is 60.3 Å². The molecule has 0 aromatic carbocycles. The fourth-order valence-corrected chi connectivity index (χ4v) is 2.16. The van der Waals surface area contributed by atoms with Crippen LogP contribution in [0.2, 0.25) is 0 Å². The first-order chi connectivity index (χ1) is 11.2. The summed E-state index contributed by atoms with van der Waals surface area (Å²) in [5.74, 6) is 0.477. The molecular formula is C18H40N2O3. The van der Waals surface area contributed by atoms with Crippen LogP contribution in [0.1, 0.15) is 60.3 Å². The number of rotatable bonds is 10. The maximum Gasteiger partial charge on any atom is 0.243 e. The second-order valence-corrected chi connectivity index (χ2v) is 5.36. The van der Waals surface area contributed by atoms with Gasteiger partial charge in [0.2, 0.25) is 5.91 Å². The molecule has 5 nitrogen and oxygen atoms in total. The highest BCUT2D eigenvalue weighted by molar-refractivity contribution is 5.74. The summed E-state index contributed by atoms with van der Waals surface area (Å²) in [6.45, 7) is 16.0. The van der Waals surface area contributed by atoms with Gasteiger partial charge < -0.3 is 20.1 Å². The number of ether oxygens (including phenoxy) is 2. The Morgan fingerprint density at radius 1 is 1.00 bits per heavy atom. The first kappa shape index (κ1) is 24.6. The van der Waals surface area contributed by atoms with Gasteiger partial charge in [-0.1, -0.05) is 34.6 Å². The first-order valence-corrected chi connectivity index (χ1v) is 9.34. The first-order valence-electron chi connectivity index (χ1n) is 9.34. The highest BCUT2D eigenvalue weighted by Crippen LogP contribution is 2.15. The standard InChI is InChI=1S/C14H28N2O3.2C2H6/c1-13-4-6-16(7-5-13)8-11-18-9-2-3-10-19-12-14(15)17;2*1-2/h13H,2-12H2,1H3,(H2,15,17);2*1-2H3. The van der Waals surface area contributed by atoms with E-state index in [-0.39, 0.29) is 6.61 Å². The molecule has 1 heterocycles. The minimum atomic E-state index is -0.410. The Balaban J connectivity index is 0. The number of nitrogens with zero attached hydrogens (tertiary/aromatic N) is 1. The summed E-state index contributed by atoms with van der Waals surface area (Å²) in [4.78, 5) is 12.9. The summed E-state index contributed by atoms with van der Waals surface area (Å²) in [7, 11) is 0. The molecule has 5 heteroatoms. The van der Waals surface area contributed by atoms with Crippen LogP contribution in [0.15, 0.2) is 0 Å². The van der Waals surface area contributed by atoms with Gasteiger partial charge in [0.25, 0.3) is 0 Å². The third kappa shape index (κ3) is 17.5. The SMILES string of the molecule is CC.CC.CC1CCN(CCOCCCCOCC(N)=O)CC1. The Bertz CT molecular complexity index is 242. The van der Waals surface area contributed by atoms with Gasteiger partial charge in [-0.3, -0.25) is 4.79 Å². The number of carbonyl (C=O) groups excluding carboxylic acids is 1. The highest BCUT2D eigenvalue weighted by atomic mass is 16.5. The van der Waals surface area contributed by atoms with Crippen molar-refractivity contribution in [1.82, 2.24) is 4.90 Å². The average Bonchev–Trinajstić information content (AvgIpc) is 2.58. The summed E-state index contributed by atoms with van der Waals surface area (Å²) >= 11 is 0. The van der Waals surface area contributed by atoms with Crippen LogP contribution < -0.4 is 5.73 Å². The molecule has 0 bridgehead atoms. The lowest BCUT2D eigenvalue weighted by Gasteiger charge is -2.29. The van der Waals surface area contributed by atoms with Crippen molar-refractivity contribution >= 4 is 5.91 Å². The fourth-order valence-electron chi connectivity index (χ4n) is 2.16. The summed E-state index contributed by atoms with van der Waals surface area (Å²) in [5, 5.41) is 0. The van der Waals surface area contributed by atoms with Crippen LogP contribution in [0.5, 0.6) is 0 Å². The maximum absolute atomic E-state index is 10.4. The van der Waals surface area contributed by atoms with Crippen molar-refractivity contribution in [3.63, 3.8) is 0 Å². The molecule has 1 aliphatic heterocycles. The molecule has 0 unspecified atom stereocenters. The Morgan fingerprint density at radius 3 is 2.04 bits per heavy atom. The number of likely N-dealkylation sites (tertiary alicyclic amines) is 1. The molecule has 0 aromatic heterocycles. The number of piperidine rings is 1. The van der Waals surface area contributed by atoms with Gasteiger partial charge in [0, 0.05) is 19.8 Å². The molecule has 0 saturated carbocycles. The number of hydrogen-bond acceptors (Lipinski definition) is 4. The Kier molecular flexibility index (Phi) is 20.7. The molecule has 1 fully saturated rings. The van der Waals surface area contributed by atoms with E-state index < -0.39 is 5.91 Å². The predicted octanol–water partition coefficient (Wildman–Crippen LogP) is 3.07. The third-order valence-electron chi connectivity index (χ3n) is 3.50. The molecule has 0 aliphatic carbocycles. The lowest BCUT2D eigenvalue weighted by atomic mass is 9.99. The van der Waals surface area contributed by atoms with Gasteiger partial charge in [0.15, 0.2) is 0 Å². The van der Waals surface area contributed by atoms with Crippen LogP contribution in [-0.2, 0) is 14.3 Å². The van der Waals surface area contributed by atoms with E-state index in [0.717, 1.165) is 38.5 Å². The zero-order valence-electron chi connectivity index (χ0n) is 16.1. The van der Waals surface area contributed by atoms with Crippen LogP contribution >= 0.6 is 0 Å². The number of amides is 1. The van der Waals surface area contributed by atoms with Crippen LogP contribution in [0, 0.1) is 5.92 Å². The Hall–Kier alpha value is -0.650. The molecule has 2 N–H and O–H groups in total. The maximum atomic E-state index is 10.4. The molecule has 1 amide bonds. The summed E-state index contributed by atoms with van der Waals surface area (Å²) in [6, 6.07) is 0. The Morgan fingerprint density at radius 2 is 1.52 bits per heavy atom. The quantitative estimate of drug-likeness (QED) is 0.624. The summed E-state index contributed by atoms with van der Waals surface area (Å²) < 4.78 is 10.7. The highest BCUT2D eigenvalue weighted by Gasteiger charge is 2.14. The number of nitrogens with two attached hydrogens (primary N) is 1. The van der Waals surface area contributed by atoms with Gasteiger partial charge >= 0.3 is 0 Å². The molecule has 1 rings (SSSR count). The van der Waals surface area contributed by atoms with E-state index in [1.165, 1.54) is 25.9 Å². The van der Waals surface area contributed by atoms with Crippen LogP contribution in [0.4, 0.5) is 0 Å². The molecule has 0 atom stereocenters. The number of unbranched alkanes of at least 4 members (excludes halogenated alkanes) is 1. The van der Waals surface area contributed by atoms with Gasteiger partial charge in [-0.2, -0.15) is 0 Å². The Labute approximate surface area is 143 Å². The predicted molar refractivity (Wildman–Crippen MR) is 97.6 cm³/mol. The van der Waals surface area contributed by atoms with Gasteiger partial charge in [0.05, 0.1) is 6.61 Å². The second-order valence-electron chi connectivity index (χ2n) is 5.36. The van der Waals surface area contributed by atoms with E-state index in [1.54, 1.807) is 0 Å². The van der Waals surface area contributed by atoms with Gasteiger partial charge in [0.1, 0.15) is 6.61 Å². The average molecular weight is 333 g/mol. The molecule has 1 aliphatic rings. The molecular weight excluding hydrogens is 292 g/mol. The molecule has 23 heavy (non-hydrogen) atoms. The van der Waals surface area contributed by atoms with Gasteiger partial charge in [-0.05, 0) is 44.7 Å². The van der Waals surface area contributed by atoms with Crippen molar-refractivity contribution in [2.75, 3.05) is 46.1 Å². The minimum Gasteiger partial charge on any atom is -0.380 e. The third-order valence-corrected chi connectivity index (χ3v) is 3.50. The van der Waals surface area contributed by atoms with E-state index >= 15 is 0 Å². The summed E-state index contributed by atoms with van der Waals surface area (Å²) in [5.41, 5.74) is 4.96. The largest absolute Gasteiger partial charge is 0.380 e. The monoisotopic (exact) mass is 332 g/mol. The van der Waals surface area contributed by atoms with Crippen molar-refractivity contribution in [1.29, 1.82) is 0 Å². The molecule has 0 aromatic rings. The van der Waals surface area contributed by atoms with E-state index in [4.69, 9.17) is 15.2 Å². The number of primary amides is 1. The van der Waals surface area contributed by atoms with Gasteiger partial charge in [-0.25, -0.2) is 0 Å². The van der Waals surface area contributed by atoms with E-state index in [2.05, 4.69) is 11.8 Å². The lowest BCUT2D eigenvalue weighted by molar-refractivity contribution is -0.122. The molecule has 1 saturated heterocycles. The molecule has 0 spiro atoms. The van der Waals surface area contributed by atoms with Crippen molar-refractivity contribution < 1.29 is 14.3 Å². The van der Waals surface area contributed by atoms with Gasteiger partial charge in [-0.15, -0.1) is 0 Å². The second kappa shape index (κ2) is 19.4. The van der Waals surface area contributed by atoms with Crippen molar-refractivity contribution in [3.8, 4) is 0 Å². The fraction of sp³-hybridized carbons (Fsp3) is 0.944. The van der Waals surface area contributed by atoms with Crippen molar-refractivity contribution in [2.24, 2.45) is 11.7 Å². The number of carbonyl (C=O) groups is 1. The van der Waals surface area contributed by atoms with E-state index in [1.807, 2.05) is 27.7 Å². The lowest BCUT2D eigenvalue weighted by Crippen LogP contribution is -2.35. The minimum absolute atomic E-state index is 0.0221. The van der Waals surface area contributed by atoms with Crippen LogP contribution in [-0.4, -0.2) is 56.9 Å². The number of hydrogen-bond donors (Lipinski definition) is 1. The smallest absolute Gasteiger partial charge is 0.243 e. The normalized spacial score (nSPS) is 15.2. The van der Waals surface area contributed by atoms with Crippen LogP contribution in [0.3, 0.4) is 0 Å². The summed E-state index contributed by atoms with van der Waals surface area (Å²) in [6.07, 6.45) is 4.51. The van der Waals surface area contributed by atoms with Crippen LogP contribution in [0.25, 0.3) is 0 Å². The van der Waals surface area contributed by atoms with Crippen molar-refractivity contribution in [3.05, 3.63) is 0 Å². The zero-order chi connectivity index (χ0) is 17.9. The molecule has 0 radical (unpaired) electrons.